The molecule has 1 aliphatic heterocycles. The van der Waals surface area contributed by atoms with Crippen molar-refractivity contribution in [3.05, 3.63) is 30.3 Å². The molecule has 2 unspecified atom stereocenters. The SMILES string of the molecule is O=C(O)C1CC(NCCCO)CN(c2ccccc2)C1. The van der Waals surface area contributed by atoms with Crippen molar-refractivity contribution in [2.24, 2.45) is 5.92 Å². The van der Waals surface area contributed by atoms with E-state index < -0.39 is 5.97 Å². The number of benzene rings is 1. The van der Waals surface area contributed by atoms with E-state index in [1.807, 2.05) is 30.3 Å². The molecule has 5 heteroatoms. The Morgan fingerprint density at radius 3 is 2.70 bits per heavy atom. The van der Waals surface area contributed by atoms with Gasteiger partial charge in [-0.3, -0.25) is 4.79 Å². The van der Waals surface area contributed by atoms with Crippen LogP contribution in [0.2, 0.25) is 0 Å². The van der Waals surface area contributed by atoms with Gasteiger partial charge in [-0.15, -0.1) is 0 Å². The summed E-state index contributed by atoms with van der Waals surface area (Å²) in [5.41, 5.74) is 1.06. The number of aliphatic hydroxyl groups excluding tert-OH is 1. The van der Waals surface area contributed by atoms with E-state index in [1.165, 1.54) is 0 Å². The smallest absolute Gasteiger partial charge is 0.308 e. The Morgan fingerprint density at radius 2 is 2.05 bits per heavy atom. The summed E-state index contributed by atoms with van der Waals surface area (Å²) in [4.78, 5) is 13.4. The molecule has 0 aliphatic carbocycles. The molecule has 2 rings (SSSR count). The third-order valence-electron chi connectivity index (χ3n) is 3.69. The van der Waals surface area contributed by atoms with Crippen molar-refractivity contribution in [2.45, 2.75) is 18.9 Å². The van der Waals surface area contributed by atoms with Crippen LogP contribution in [0.25, 0.3) is 0 Å². The highest BCUT2D eigenvalue weighted by atomic mass is 16.4. The van der Waals surface area contributed by atoms with Gasteiger partial charge in [-0.25, -0.2) is 0 Å². The van der Waals surface area contributed by atoms with Gasteiger partial charge in [0.05, 0.1) is 5.92 Å². The summed E-state index contributed by atoms with van der Waals surface area (Å²) in [5.74, 6) is -1.09. The molecule has 20 heavy (non-hydrogen) atoms. The molecular weight excluding hydrogens is 256 g/mol. The monoisotopic (exact) mass is 278 g/mol. The van der Waals surface area contributed by atoms with Gasteiger partial charge in [-0.05, 0) is 31.5 Å². The van der Waals surface area contributed by atoms with Gasteiger partial charge in [0, 0.05) is 31.4 Å². The van der Waals surface area contributed by atoms with Gasteiger partial charge in [0.2, 0.25) is 0 Å². The van der Waals surface area contributed by atoms with Crippen molar-refractivity contribution < 1.29 is 15.0 Å². The summed E-state index contributed by atoms with van der Waals surface area (Å²) in [6.07, 6.45) is 1.34. The summed E-state index contributed by atoms with van der Waals surface area (Å²) in [7, 11) is 0. The van der Waals surface area contributed by atoms with Crippen molar-refractivity contribution >= 4 is 11.7 Å². The van der Waals surface area contributed by atoms with Gasteiger partial charge >= 0.3 is 5.97 Å². The first-order chi connectivity index (χ1) is 9.70. The first-order valence-corrected chi connectivity index (χ1v) is 7.07. The lowest BCUT2D eigenvalue weighted by molar-refractivity contribution is -0.142. The lowest BCUT2D eigenvalue weighted by Gasteiger charge is -2.38. The highest BCUT2D eigenvalue weighted by molar-refractivity contribution is 5.71. The van der Waals surface area contributed by atoms with Crippen LogP contribution in [-0.4, -0.2) is 48.5 Å². The fraction of sp³-hybridized carbons (Fsp3) is 0.533. The molecule has 5 nitrogen and oxygen atoms in total. The average molecular weight is 278 g/mol. The van der Waals surface area contributed by atoms with E-state index in [1.54, 1.807) is 0 Å². The quantitative estimate of drug-likeness (QED) is 0.675. The van der Waals surface area contributed by atoms with Crippen LogP contribution in [0.5, 0.6) is 0 Å². The zero-order valence-electron chi connectivity index (χ0n) is 11.5. The molecule has 1 aliphatic rings. The van der Waals surface area contributed by atoms with E-state index in [0.717, 1.165) is 18.8 Å². The molecule has 2 atom stereocenters. The molecule has 1 saturated heterocycles. The van der Waals surface area contributed by atoms with Crippen LogP contribution in [0.4, 0.5) is 5.69 Å². The van der Waals surface area contributed by atoms with Crippen molar-refractivity contribution in [3.63, 3.8) is 0 Å². The number of carboxylic acid groups (broad SMARTS) is 1. The zero-order valence-corrected chi connectivity index (χ0v) is 11.5. The van der Waals surface area contributed by atoms with Crippen LogP contribution >= 0.6 is 0 Å². The summed E-state index contributed by atoms with van der Waals surface area (Å²) >= 11 is 0. The highest BCUT2D eigenvalue weighted by Crippen LogP contribution is 2.23. The number of carboxylic acids is 1. The lowest BCUT2D eigenvalue weighted by Crippen LogP contribution is -2.51. The average Bonchev–Trinajstić information content (AvgIpc) is 2.48. The minimum absolute atomic E-state index is 0.150. The number of rotatable bonds is 6. The second kappa shape index (κ2) is 7.26. The molecule has 110 valence electrons. The number of hydrogen-bond acceptors (Lipinski definition) is 4. The first-order valence-electron chi connectivity index (χ1n) is 7.07. The Morgan fingerprint density at radius 1 is 1.30 bits per heavy atom. The minimum atomic E-state index is -0.736. The maximum atomic E-state index is 11.3. The Balaban J connectivity index is 2.02. The van der Waals surface area contributed by atoms with Gasteiger partial charge in [0.25, 0.3) is 0 Å². The molecular formula is C15H22N2O3. The summed E-state index contributed by atoms with van der Waals surface area (Å²) in [6, 6.07) is 10.1. The molecule has 0 amide bonds. The van der Waals surface area contributed by atoms with E-state index in [9.17, 15) is 9.90 Å². The van der Waals surface area contributed by atoms with Crippen LogP contribution in [-0.2, 0) is 4.79 Å². The molecule has 0 aromatic heterocycles. The number of para-hydroxylation sites is 1. The molecule has 3 N–H and O–H groups in total. The molecule has 0 bridgehead atoms. The summed E-state index contributed by atoms with van der Waals surface area (Å²) in [5, 5.41) is 21.5. The van der Waals surface area contributed by atoms with Crippen LogP contribution in [0.15, 0.2) is 30.3 Å². The van der Waals surface area contributed by atoms with E-state index in [2.05, 4.69) is 10.2 Å². The number of carbonyl (C=O) groups is 1. The topological polar surface area (TPSA) is 72.8 Å². The molecule has 1 heterocycles. The van der Waals surface area contributed by atoms with E-state index in [0.29, 0.717) is 19.4 Å². The number of aliphatic carboxylic acids is 1. The second-order valence-corrected chi connectivity index (χ2v) is 5.24. The molecule has 0 radical (unpaired) electrons. The molecule has 1 fully saturated rings. The highest BCUT2D eigenvalue weighted by Gasteiger charge is 2.31. The largest absolute Gasteiger partial charge is 0.481 e. The molecule has 1 aromatic rings. The molecule has 0 spiro atoms. The third-order valence-corrected chi connectivity index (χ3v) is 3.69. The van der Waals surface area contributed by atoms with Crippen molar-refractivity contribution in [2.75, 3.05) is 31.1 Å². The van der Waals surface area contributed by atoms with Gasteiger partial charge in [-0.2, -0.15) is 0 Å². The number of nitrogens with one attached hydrogen (secondary N) is 1. The van der Waals surface area contributed by atoms with Gasteiger partial charge in [-0.1, -0.05) is 18.2 Å². The number of nitrogens with zero attached hydrogens (tertiary/aromatic N) is 1. The number of hydrogen-bond donors (Lipinski definition) is 3. The second-order valence-electron chi connectivity index (χ2n) is 5.24. The predicted octanol–water partition coefficient (Wildman–Crippen LogP) is 0.938. The normalized spacial score (nSPS) is 22.8. The zero-order chi connectivity index (χ0) is 14.4. The Hall–Kier alpha value is -1.59. The Labute approximate surface area is 119 Å². The number of aliphatic hydroxyl groups is 1. The fourth-order valence-electron chi connectivity index (χ4n) is 2.66. The van der Waals surface area contributed by atoms with Gasteiger partial charge in [0.1, 0.15) is 0 Å². The van der Waals surface area contributed by atoms with E-state index in [4.69, 9.17) is 5.11 Å². The summed E-state index contributed by atoms with van der Waals surface area (Å²) in [6.45, 7) is 2.23. The number of anilines is 1. The third kappa shape index (κ3) is 3.95. The van der Waals surface area contributed by atoms with Crippen molar-refractivity contribution in [1.29, 1.82) is 0 Å². The number of piperidine rings is 1. The van der Waals surface area contributed by atoms with Gasteiger partial charge < -0.3 is 20.4 Å². The van der Waals surface area contributed by atoms with Crippen molar-refractivity contribution in [1.82, 2.24) is 5.32 Å². The first kappa shape index (κ1) is 14.8. The molecule has 1 aromatic carbocycles. The Bertz CT molecular complexity index is 424. The van der Waals surface area contributed by atoms with Crippen molar-refractivity contribution in [3.8, 4) is 0 Å². The fourth-order valence-corrected chi connectivity index (χ4v) is 2.66. The molecule has 0 saturated carbocycles. The summed E-state index contributed by atoms with van der Waals surface area (Å²) < 4.78 is 0. The minimum Gasteiger partial charge on any atom is -0.481 e. The standard InChI is InChI=1S/C15H22N2O3/c18-8-4-7-16-13-9-12(15(19)20)10-17(11-13)14-5-2-1-3-6-14/h1-3,5-6,12-13,16,18H,4,7-11H2,(H,19,20). The predicted molar refractivity (Wildman–Crippen MR) is 77.9 cm³/mol. The Kier molecular flexibility index (Phi) is 5.38. The van der Waals surface area contributed by atoms with Crippen LogP contribution < -0.4 is 10.2 Å². The van der Waals surface area contributed by atoms with E-state index >= 15 is 0 Å². The maximum Gasteiger partial charge on any atom is 0.308 e. The van der Waals surface area contributed by atoms with Gasteiger partial charge in [0.15, 0.2) is 0 Å². The maximum absolute atomic E-state index is 11.3. The van der Waals surface area contributed by atoms with Crippen LogP contribution in [0.1, 0.15) is 12.8 Å². The van der Waals surface area contributed by atoms with Crippen LogP contribution in [0, 0.1) is 5.92 Å². The van der Waals surface area contributed by atoms with E-state index in [-0.39, 0.29) is 18.6 Å². The van der Waals surface area contributed by atoms with Crippen LogP contribution in [0.3, 0.4) is 0 Å². The lowest BCUT2D eigenvalue weighted by atomic mass is 9.93.